The minimum atomic E-state index is -0.753. The fourth-order valence-electron chi connectivity index (χ4n) is 8.38. The maximum Gasteiger partial charge on any atom is 0.303 e. The Balaban J connectivity index is 1.48. The molecule has 4 fully saturated rings. The maximum atomic E-state index is 11.7. The Hall–Kier alpha value is -0.950. The number of rotatable bonds is 5. The van der Waals surface area contributed by atoms with Crippen molar-refractivity contribution in [3.63, 3.8) is 0 Å². The van der Waals surface area contributed by atoms with Crippen LogP contribution < -0.4 is 0 Å². The molecule has 1 heterocycles. The number of hydrogen-bond donors (Lipinski definition) is 3. The fourth-order valence-corrected chi connectivity index (χ4v) is 8.38. The van der Waals surface area contributed by atoms with Gasteiger partial charge in [-0.2, -0.15) is 0 Å². The Bertz CT molecular complexity index is 745. The molecule has 0 bridgehead atoms. The van der Waals surface area contributed by atoms with Gasteiger partial charge in [-0.05, 0) is 105 Å². The molecule has 3 saturated carbocycles. The molecule has 0 spiro atoms. The third kappa shape index (κ3) is 3.66. The largest absolute Gasteiger partial charge is 0.481 e. The lowest BCUT2D eigenvalue weighted by molar-refractivity contribution is -0.211. The van der Waals surface area contributed by atoms with E-state index in [-0.39, 0.29) is 29.6 Å². The summed E-state index contributed by atoms with van der Waals surface area (Å²) in [7, 11) is 0. The number of aliphatic hydroxyl groups excluding tert-OH is 2. The first-order valence-corrected chi connectivity index (χ1v) is 12.9. The zero-order valence-electron chi connectivity index (χ0n) is 19.4. The molecular formula is C26H40O6. The van der Waals surface area contributed by atoms with Gasteiger partial charge in [-0.25, -0.2) is 0 Å². The summed E-state index contributed by atoms with van der Waals surface area (Å²) in [4.78, 5) is 11.7. The minimum absolute atomic E-state index is 0.0134. The molecule has 5 unspecified atom stereocenters. The predicted molar refractivity (Wildman–Crippen MR) is 119 cm³/mol. The highest BCUT2D eigenvalue weighted by Crippen LogP contribution is 2.66. The van der Waals surface area contributed by atoms with Gasteiger partial charge in [0.05, 0.1) is 12.2 Å². The van der Waals surface area contributed by atoms with E-state index in [0.29, 0.717) is 37.2 Å². The van der Waals surface area contributed by atoms with Crippen molar-refractivity contribution in [1.29, 1.82) is 0 Å². The average Bonchev–Trinajstić information content (AvgIpc) is 3.09. The molecule has 1 saturated heterocycles. The molecule has 4 aliphatic carbocycles. The quantitative estimate of drug-likeness (QED) is 0.550. The molecule has 6 heteroatoms. The van der Waals surface area contributed by atoms with Crippen molar-refractivity contribution in [3.05, 3.63) is 11.6 Å². The van der Waals surface area contributed by atoms with Gasteiger partial charge in [0.1, 0.15) is 6.10 Å². The summed E-state index contributed by atoms with van der Waals surface area (Å²) >= 11 is 0. The molecule has 5 rings (SSSR count). The van der Waals surface area contributed by atoms with Crippen molar-refractivity contribution in [1.82, 2.24) is 0 Å². The number of ether oxygens (including phenoxy) is 2. The number of aliphatic carboxylic acids is 1. The number of hydrogen-bond acceptors (Lipinski definition) is 5. The van der Waals surface area contributed by atoms with Crippen molar-refractivity contribution in [2.24, 2.45) is 28.6 Å². The van der Waals surface area contributed by atoms with Crippen LogP contribution in [0, 0.1) is 28.6 Å². The predicted octanol–water partition coefficient (Wildman–Crippen LogP) is 4.04. The Morgan fingerprint density at radius 1 is 1.12 bits per heavy atom. The van der Waals surface area contributed by atoms with Gasteiger partial charge in [0.25, 0.3) is 0 Å². The van der Waals surface area contributed by atoms with Gasteiger partial charge >= 0.3 is 5.97 Å². The third-order valence-electron chi connectivity index (χ3n) is 10.0. The molecule has 5 aliphatic rings. The molecule has 6 nitrogen and oxygen atoms in total. The summed E-state index contributed by atoms with van der Waals surface area (Å²) in [6.07, 6.45) is 10.9. The molecule has 180 valence electrons. The molecule has 0 radical (unpaired) electrons. The number of aliphatic hydroxyl groups is 2. The Morgan fingerprint density at radius 3 is 2.72 bits per heavy atom. The lowest BCUT2D eigenvalue weighted by Gasteiger charge is -2.60. The number of carbonyl (C=O) groups is 1. The van der Waals surface area contributed by atoms with Gasteiger partial charge in [-0.15, -0.1) is 0 Å². The van der Waals surface area contributed by atoms with E-state index in [4.69, 9.17) is 9.47 Å². The van der Waals surface area contributed by atoms with Crippen LogP contribution in [0.25, 0.3) is 0 Å². The first kappa shape index (κ1) is 22.8. The van der Waals surface area contributed by atoms with Crippen LogP contribution in [0.5, 0.6) is 0 Å². The molecule has 1 aliphatic heterocycles. The fraction of sp³-hybridized carbons (Fsp3) is 0.885. The highest BCUT2D eigenvalue weighted by Gasteiger charge is 2.61. The Morgan fingerprint density at radius 2 is 1.97 bits per heavy atom. The minimum Gasteiger partial charge on any atom is -0.481 e. The van der Waals surface area contributed by atoms with E-state index in [1.807, 2.05) is 0 Å². The second-order valence-corrected chi connectivity index (χ2v) is 11.4. The number of carboxylic acids is 1. The zero-order chi connectivity index (χ0) is 22.5. The Labute approximate surface area is 191 Å². The number of allylic oxidation sites excluding steroid dienone is 1. The molecule has 0 amide bonds. The van der Waals surface area contributed by atoms with Crippen molar-refractivity contribution >= 4 is 5.97 Å². The van der Waals surface area contributed by atoms with Crippen molar-refractivity contribution in [2.75, 3.05) is 6.61 Å². The lowest BCUT2D eigenvalue weighted by Crippen LogP contribution is -2.56. The summed E-state index contributed by atoms with van der Waals surface area (Å²) in [5.41, 5.74) is 0.907. The lowest BCUT2D eigenvalue weighted by atomic mass is 9.46. The number of carboxylic acid groups (broad SMARTS) is 1. The summed E-state index contributed by atoms with van der Waals surface area (Å²) in [5, 5.41) is 31.3. The van der Waals surface area contributed by atoms with Crippen LogP contribution in [-0.2, 0) is 14.3 Å². The van der Waals surface area contributed by atoms with E-state index in [2.05, 4.69) is 13.0 Å². The Kier molecular flexibility index (Phi) is 6.19. The van der Waals surface area contributed by atoms with Crippen LogP contribution in [0.2, 0.25) is 0 Å². The summed E-state index contributed by atoms with van der Waals surface area (Å²) in [6.45, 7) is 2.97. The average molecular weight is 449 g/mol. The second-order valence-electron chi connectivity index (χ2n) is 11.4. The number of fused-ring (bicyclic) bond motifs is 5. The monoisotopic (exact) mass is 448 g/mol. The van der Waals surface area contributed by atoms with Gasteiger partial charge in [-0.3, -0.25) is 4.79 Å². The summed E-state index contributed by atoms with van der Waals surface area (Å²) < 4.78 is 12.3. The van der Waals surface area contributed by atoms with Crippen molar-refractivity contribution < 1.29 is 29.6 Å². The molecule has 0 aromatic rings. The van der Waals surface area contributed by atoms with Gasteiger partial charge in [-0.1, -0.05) is 13.0 Å². The highest BCUT2D eigenvalue weighted by atomic mass is 16.7. The van der Waals surface area contributed by atoms with Crippen LogP contribution >= 0.6 is 0 Å². The van der Waals surface area contributed by atoms with Crippen molar-refractivity contribution in [2.45, 2.75) is 109 Å². The molecule has 32 heavy (non-hydrogen) atoms. The van der Waals surface area contributed by atoms with E-state index in [9.17, 15) is 20.1 Å². The van der Waals surface area contributed by atoms with Crippen LogP contribution in [0.15, 0.2) is 11.6 Å². The summed E-state index contributed by atoms with van der Waals surface area (Å²) in [6, 6.07) is 0. The second kappa shape index (κ2) is 8.68. The first-order valence-electron chi connectivity index (χ1n) is 12.9. The topological polar surface area (TPSA) is 96.2 Å². The van der Waals surface area contributed by atoms with E-state index in [0.717, 1.165) is 63.4 Å². The molecule has 3 N–H and O–H groups in total. The van der Waals surface area contributed by atoms with Gasteiger partial charge in [0.15, 0.2) is 6.29 Å². The van der Waals surface area contributed by atoms with Crippen LogP contribution in [0.4, 0.5) is 0 Å². The van der Waals surface area contributed by atoms with Crippen LogP contribution in [-0.4, -0.2) is 52.5 Å². The molecule has 0 aromatic heterocycles. The standard InChI is InChI=1S/C26H40O6/c1-25-12-9-18-16(17(25)7-8-21(25)28)5-6-19-24(32-23-4-2-3-15-31-23)20(27)10-13-26(18,19)14-11-22(29)30/h6,16-18,20-21,23-24,27-28H,2-5,7-15H2,1H3,(H,29,30)/t16?,17?,18?,20-,21-,23?,24?,25-,26-/m0/s1. The van der Waals surface area contributed by atoms with Crippen LogP contribution in [0.1, 0.15) is 84.0 Å². The summed E-state index contributed by atoms with van der Waals surface area (Å²) in [5.74, 6) is 0.613. The van der Waals surface area contributed by atoms with Crippen molar-refractivity contribution in [3.8, 4) is 0 Å². The normalized spacial score (nSPS) is 48.3. The smallest absolute Gasteiger partial charge is 0.303 e. The molecule has 9 atom stereocenters. The molecule has 0 aromatic carbocycles. The van der Waals surface area contributed by atoms with Gasteiger partial charge in [0.2, 0.25) is 0 Å². The highest BCUT2D eigenvalue weighted by molar-refractivity contribution is 5.66. The zero-order valence-corrected chi connectivity index (χ0v) is 19.4. The SMILES string of the molecule is C[C@]12CCC3C(CC=C4C(OC5CCCCO5)[C@@H](O)CC[C@@]43CCC(=O)O)C1CC[C@@H]2O. The maximum absolute atomic E-state index is 11.7. The first-order chi connectivity index (χ1) is 15.3. The van der Waals surface area contributed by atoms with Gasteiger partial charge in [0, 0.05) is 13.0 Å². The van der Waals surface area contributed by atoms with Crippen LogP contribution in [0.3, 0.4) is 0 Å². The third-order valence-corrected chi connectivity index (χ3v) is 10.0. The van der Waals surface area contributed by atoms with E-state index in [1.54, 1.807) is 0 Å². The van der Waals surface area contributed by atoms with E-state index >= 15 is 0 Å². The van der Waals surface area contributed by atoms with E-state index < -0.39 is 18.2 Å². The molecular weight excluding hydrogens is 408 g/mol. The van der Waals surface area contributed by atoms with E-state index in [1.165, 1.54) is 0 Å². The van der Waals surface area contributed by atoms with Gasteiger partial charge < -0.3 is 24.8 Å².